The van der Waals surface area contributed by atoms with Crippen LogP contribution in [0, 0.1) is 11.8 Å². The number of hydrogen-bond acceptors (Lipinski definition) is 0. The second-order valence-electron chi connectivity index (χ2n) is 4.95. The average molecular weight is 212 g/mol. The molecule has 0 bridgehead atoms. The molecule has 0 aliphatic carbocycles. The molecule has 0 aromatic carbocycles. The maximum atomic E-state index is 2.37. The molecule has 0 amide bonds. The zero-order chi connectivity index (χ0) is 11.5. The second-order valence-corrected chi connectivity index (χ2v) is 4.95. The summed E-state index contributed by atoms with van der Waals surface area (Å²) in [6.07, 6.45) is 12.8. The predicted molar refractivity (Wildman–Crippen MR) is 71.2 cm³/mol. The van der Waals surface area contributed by atoms with Crippen LogP contribution >= 0.6 is 0 Å². The Labute approximate surface area is 97.8 Å². The van der Waals surface area contributed by atoms with Crippen LogP contribution < -0.4 is 0 Å². The quantitative estimate of drug-likeness (QED) is 0.401. The molecule has 0 heteroatoms. The molecule has 0 fully saturated rings. The van der Waals surface area contributed by atoms with Gasteiger partial charge in [-0.25, -0.2) is 0 Å². The minimum absolute atomic E-state index is 0.987. The lowest BCUT2D eigenvalue weighted by molar-refractivity contribution is 0.278. The summed E-state index contributed by atoms with van der Waals surface area (Å²) in [5.41, 5.74) is 0. The highest BCUT2D eigenvalue weighted by atomic mass is 14.2. The molecule has 0 aliphatic rings. The summed E-state index contributed by atoms with van der Waals surface area (Å²) < 4.78 is 0. The van der Waals surface area contributed by atoms with Gasteiger partial charge in [-0.3, -0.25) is 0 Å². The van der Waals surface area contributed by atoms with Gasteiger partial charge >= 0.3 is 0 Å². The van der Waals surface area contributed by atoms with Crippen LogP contribution in [0.4, 0.5) is 0 Å². The summed E-state index contributed by atoms with van der Waals surface area (Å²) in [4.78, 5) is 0. The highest BCUT2D eigenvalue weighted by Crippen LogP contribution is 2.27. The van der Waals surface area contributed by atoms with Gasteiger partial charge in [0.2, 0.25) is 0 Å². The molecule has 0 aromatic heterocycles. The summed E-state index contributed by atoms with van der Waals surface area (Å²) in [6.45, 7) is 9.37. The Hall–Kier alpha value is 0. The Morgan fingerprint density at radius 1 is 0.600 bits per heavy atom. The number of rotatable bonds is 10. The van der Waals surface area contributed by atoms with E-state index in [0.717, 1.165) is 11.8 Å². The third-order valence-electron chi connectivity index (χ3n) is 3.92. The molecule has 0 aliphatic heterocycles. The Bertz CT molecular complexity index is 113. The van der Waals surface area contributed by atoms with Crippen molar-refractivity contribution in [3.05, 3.63) is 0 Å². The van der Waals surface area contributed by atoms with Gasteiger partial charge in [0.1, 0.15) is 0 Å². The molecule has 92 valence electrons. The van der Waals surface area contributed by atoms with Crippen LogP contribution in [-0.2, 0) is 0 Å². The zero-order valence-corrected chi connectivity index (χ0v) is 11.5. The van der Waals surface area contributed by atoms with Crippen molar-refractivity contribution in [3.8, 4) is 0 Å². The van der Waals surface area contributed by atoms with E-state index >= 15 is 0 Å². The summed E-state index contributed by atoms with van der Waals surface area (Å²) in [5, 5.41) is 0. The van der Waals surface area contributed by atoms with Crippen molar-refractivity contribution in [2.45, 2.75) is 85.5 Å². The van der Waals surface area contributed by atoms with Crippen molar-refractivity contribution in [2.24, 2.45) is 11.8 Å². The van der Waals surface area contributed by atoms with Gasteiger partial charge in [0.15, 0.2) is 0 Å². The lowest BCUT2D eigenvalue weighted by Gasteiger charge is -2.24. The van der Waals surface area contributed by atoms with Gasteiger partial charge in [0.05, 0.1) is 0 Å². The second kappa shape index (κ2) is 10.5. The SMILES string of the molecule is CCCCCCCC(CC)C(CC)CC. The fourth-order valence-corrected chi connectivity index (χ4v) is 2.74. The minimum atomic E-state index is 0.987. The molecule has 15 heavy (non-hydrogen) atoms. The fourth-order valence-electron chi connectivity index (χ4n) is 2.74. The lowest BCUT2D eigenvalue weighted by Crippen LogP contribution is -2.12. The van der Waals surface area contributed by atoms with Crippen molar-refractivity contribution in [3.63, 3.8) is 0 Å². The summed E-state index contributed by atoms with van der Waals surface area (Å²) in [7, 11) is 0. The molecule has 0 spiro atoms. The summed E-state index contributed by atoms with van der Waals surface area (Å²) in [5.74, 6) is 1.99. The van der Waals surface area contributed by atoms with Gasteiger partial charge < -0.3 is 0 Å². The molecule has 0 heterocycles. The maximum Gasteiger partial charge on any atom is -0.0389 e. The first-order valence-corrected chi connectivity index (χ1v) is 7.29. The Morgan fingerprint density at radius 2 is 1.13 bits per heavy atom. The van der Waals surface area contributed by atoms with Crippen LogP contribution in [0.5, 0.6) is 0 Å². The van der Waals surface area contributed by atoms with Crippen molar-refractivity contribution in [1.29, 1.82) is 0 Å². The van der Waals surface area contributed by atoms with Crippen molar-refractivity contribution in [2.75, 3.05) is 0 Å². The van der Waals surface area contributed by atoms with Crippen LogP contribution in [0.15, 0.2) is 0 Å². The molecular weight excluding hydrogens is 180 g/mol. The van der Waals surface area contributed by atoms with Crippen LogP contribution in [-0.4, -0.2) is 0 Å². The normalized spacial score (nSPS) is 13.4. The van der Waals surface area contributed by atoms with Crippen molar-refractivity contribution >= 4 is 0 Å². The molecule has 1 unspecified atom stereocenters. The molecule has 0 N–H and O–H groups in total. The molecule has 0 radical (unpaired) electrons. The molecule has 0 aromatic rings. The Balaban J connectivity index is 3.60. The van der Waals surface area contributed by atoms with Gasteiger partial charge in [0.25, 0.3) is 0 Å². The van der Waals surface area contributed by atoms with E-state index in [1.54, 1.807) is 0 Å². The standard InChI is InChI=1S/C15H32/c1-5-9-10-11-12-13-15(8-4)14(6-2)7-3/h14-15H,5-13H2,1-4H3. The molecule has 1 atom stereocenters. The molecule has 0 nitrogen and oxygen atoms in total. The van der Waals surface area contributed by atoms with E-state index in [1.807, 2.05) is 0 Å². The predicted octanol–water partition coefficient (Wildman–Crippen LogP) is 5.81. The van der Waals surface area contributed by atoms with E-state index in [4.69, 9.17) is 0 Å². The maximum absolute atomic E-state index is 2.37. The van der Waals surface area contributed by atoms with Gasteiger partial charge in [-0.1, -0.05) is 85.5 Å². The first kappa shape index (κ1) is 15.0. The zero-order valence-electron chi connectivity index (χ0n) is 11.5. The van der Waals surface area contributed by atoms with Gasteiger partial charge in [-0.2, -0.15) is 0 Å². The van der Waals surface area contributed by atoms with Crippen LogP contribution in [0.1, 0.15) is 85.5 Å². The largest absolute Gasteiger partial charge is 0.0654 e. The smallest absolute Gasteiger partial charge is 0.0389 e. The van der Waals surface area contributed by atoms with Gasteiger partial charge in [-0.15, -0.1) is 0 Å². The van der Waals surface area contributed by atoms with E-state index < -0.39 is 0 Å². The third-order valence-corrected chi connectivity index (χ3v) is 3.92. The highest BCUT2D eigenvalue weighted by Gasteiger charge is 2.15. The van der Waals surface area contributed by atoms with E-state index in [9.17, 15) is 0 Å². The monoisotopic (exact) mass is 212 g/mol. The van der Waals surface area contributed by atoms with E-state index in [0.29, 0.717) is 0 Å². The summed E-state index contributed by atoms with van der Waals surface area (Å²) >= 11 is 0. The highest BCUT2D eigenvalue weighted by molar-refractivity contribution is 4.67. The van der Waals surface area contributed by atoms with Crippen molar-refractivity contribution in [1.82, 2.24) is 0 Å². The summed E-state index contributed by atoms with van der Waals surface area (Å²) in [6, 6.07) is 0. The van der Waals surface area contributed by atoms with Crippen molar-refractivity contribution < 1.29 is 0 Å². The van der Waals surface area contributed by atoms with E-state index in [-0.39, 0.29) is 0 Å². The van der Waals surface area contributed by atoms with E-state index in [2.05, 4.69) is 27.7 Å². The first-order chi connectivity index (χ1) is 7.29. The lowest BCUT2D eigenvalue weighted by atomic mass is 9.82. The topological polar surface area (TPSA) is 0 Å². The Kier molecular flexibility index (Phi) is 10.5. The fraction of sp³-hybridized carbons (Fsp3) is 1.00. The third kappa shape index (κ3) is 6.98. The van der Waals surface area contributed by atoms with Crippen LogP contribution in [0.2, 0.25) is 0 Å². The average Bonchev–Trinajstić information content (AvgIpc) is 2.27. The van der Waals surface area contributed by atoms with Gasteiger partial charge in [0, 0.05) is 0 Å². The minimum Gasteiger partial charge on any atom is -0.0654 e. The number of hydrogen-bond donors (Lipinski definition) is 0. The van der Waals surface area contributed by atoms with Crippen LogP contribution in [0.25, 0.3) is 0 Å². The Morgan fingerprint density at radius 3 is 1.60 bits per heavy atom. The molecule has 0 rings (SSSR count). The van der Waals surface area contributed by atoms with E-state index in [1.165, 1.54) is 57.8 Å². The first-order valence-electron chi connectivity index (χ1n) is 7.29. The molecular formula is C15H32. The van der Waals surface area contributed by atoms with Crippen LogP contribution in [0.3, 0.4) is 0 Å². The number of unbranched alkanes of at least 4 members (excludes halogenated alkanes) is 4. The van der Waals surface area contributed by atoms with Gasteiger partial charge in [-0.05, 0) is 11.8 Å². The molecule has 0 saturated heterocycles. The molecule has 0 saturated carbocycles.